The SMILES string of the molecule is NC(=O)N[SiH](NC(N)=O)C1CCCCO1. The molecule has 86 valence electrons. The fraction of sp³-hybridized carbons (Fsp3) is 0.714. The van der Waals surface area contributed by atoms with Crippen LogP contribution in [-0.2, 0) is 4.74 Å². The van der Waals surface area contributed by atoms with Crippen molar-refractivity contribution in [2.45, 2.75) is 25.0 Å². The molecule has 1 rings (SSSR count). The monoisotopic (exact) mass is 232 g/mol. The fourth-order valence-electron chi connectivity index (χ4n) is 1.56. The van der Waals surface area contributed by atoms with E-state index in [0.29, 0.717) is 6.61 Å². The highest BCUT2D eigenvalue weighted by Gasteiger charge is 2.29. The van der Waals surface area contributed by atoms with Gasteiger partial charge in [0.1, 0.15) is 0 Å². The van der Waals surface area contributed by atoms with Crippen LogP contribution in [0.2, 0.25) is 0 Å². The van der Waals surface area contributed by atoms with Crippen LogP contribution in [0.25, 0.3) is 0 Å². The summed E-state index contributed by atoms with van der Waals surface area (Å²) in [7, 11) is -2.10. The molecule has 7 nitrogen and oxygen atoms in total. The number of hydrogen-bond acceptors (Lipinski definition) is 3. The van der Waals surface area contributed by atoms with E-state index in [2.05, 4.69) is 9.96 Å². The summed E-state index contributed by atoms with van der Waals surface area (Å²) in [5, 5.41) is 0. The predicted molar refractivity (Wildman–Crippen MR) is 56.2 cm³/mol. The Hall–Kier alpha value is -1.28. The molecule has 0 aromatic heterocycles. The predicted octanol–water partition coefficient (Wildman–Crippen LogP) is -1.35. The zero-order chi connectivity index (χ0) is 11.3. The summed E-state index contributed by atoms with van der Waals surface area (Å²) < 4.78 is 5.46. The molecule has 0 saturated carbocycles. The molecule has 1 unspecified atom stereocenters. The average Bonchev–Trinajstić information content (AvgIpc) is 2.17. The van der Waals surface area contributed by atoms with Gasteiger partial charge in [0.2, 0.25) is 0 Å². The number of nitrogens with two attached hydrogens (primary N) is 2. The average molecular weight is 232 g/mol. The van der Waals surface area contributed by atoms with Crippen LogP contribution in [0, 0.1) is 0 Å². The van der Waals surface area contributed by atoms with Crippen molar-refractivity contribution >= 4 is 21.2 Å². The van der Waals surface area contributed by atoms with E-state index in [9.17, 15) is 9.59 Å². The maximum absolute atomic E-state index is 10.7. The Morgan fingerprint density at radius 2 is 1.80 bits per heavy atom. The van der Waals surface area contributed by atoms with Crippen molar-refractivity contribution in [2.24, 2.45) is 11.5 Å². The second-order valence-electron chi connectivity index (χ2n) is 3.40. The molecule has 1 fully saturated rings. The fourth-order valence-corrected chi connectivity index (χ4v) is 3.51. The van der Waals surface area contributed by atoms with Crippen molar-refractivity contribution < 1.29 is 14.3 Å². The minimum absolute atomic E-state index is 0.126. The van der Waals surface area contributed by atoms with Crippen LogP contribution in [-0.4, -0.2) is 33.5 Å². The highest BCUT2D eigenvalue weighted by atomic mass is 28.3. The van der Waals surface area contributed by atoms with E-state index in [1.54, 1.807) is 0 Å². The molecule has 4 amide bonds. The van der Waals surface area contributed by atoms with Crippen molar-refractivity contribution in [3.63, 3.8) is 0 Å². The largest absolute Gasteiger partial charge is 0.378 e. The molecule has 1 aliphatic rings. The van der Waals surface area contributed by atoms with Gasteiger partial charge in [0, 0.05) is 6.61 Å². The smallest absolute Gasteiger partial charge is 0.305 e. The summed E-state index contributed by atoms with van der Waals surface area (Å²) in [4.78, 5) is 26.5. The lowest BCUT2D eigenvalue weighted by molar-refractivity contribution is 0.0605. The Kier molecular flexibility index (Phi) is 4.37. The normalized spacial score (nSPS) is 21.0. The van der Waals surface area contributed by atoms with Gasteiger partial charge in [-0.1, -0.05) is 0 Å². The Morgan fingerprint density at radius 1 is 1.20 bits per heavy atom. The van der Waals surface area contributed by atoms with Gasteiger partial charge in [-0.05, 0) is 19.3 Å². The maximum atomic E-state index is 10.7. The van der Waals surface area contributed by atoms with Crippen molar-refractivity contribution in [3.05, 3.63) is 0 Å². The van der Waals surface area contributed by atoms with E-state index in [1.165, 1.54) is 0 Å². The molecule has 8 heteroatoms. The summed E-state index contributed by atoms with van der Waals surface area (Å²) in [5.41, 5.74) is 9.90. The Bertz CT molecular complexity index is 228. The molecule has 0 spiro atoms. The number of nitrogens with one attached hydrogen (secondary N) is 2. The van der Waals surface area contributed by atoms with Crippen LogP contribution in [0.4, 0.5) is 9.59 Å². The van der Waals surface area contributed by atoms with Crippen LogP contribution in [0.3, 0.4) is 0 Å². The third-order valence-corrected chi connectivity index (χ3v) is 4.64. The maximum Gasteiger partial charge on any atom is 0.305 e. The van der Waals surface area contributed by atoms with Crippen LogP contribution in [0.5, 0.6) is 0 Å². The number of ether oxygens (including phenoxy) is 1. The van der Waals surface area contributed by atoms with Gasteiger partial charge in [0.05, 0.1) is 5.73 Å². The second kappa shape index (κ2) is 5.56. The molecule has 0 bridgehead atoms. The van der Waals surface area contributed by atoms with Crippen molar-refractivity contribution in [1.82, 2.24) is 9.96 Å². The van der Waals surface area contributed by atoms with E-state index >= 15 is 0 Å². The lowest BCUT2D eigenvalue weighted by Gasteiger charge is -2.28. The van der Waals surface area contributed by atoms with Gasteiger partial charge in [-0.25, -0.2) is 9.59 Å². The molecule has 1 saturated heterocycles. The van der Waals surface area contributed by atoms with Crippen LogP contribution < -0.4 is 21.4 Å². The van der Waals surface area contributed by atoms with Gasteiger partial charge in [-0.3, -0.25) is 0 Å². The Balaban J connectivity index is 2.52. The molecule has 1 heterocycles. The first kappa shape index (κ1) is 11.8. The molecule has 0 radical (unpaired) electrons. The van der Waals surface area contributed by atoms with Gasteiger partial charge in [-0.15, -0.1) is 0 Å². The molecule has 0 aromatic carbocycles. The van der Waals surface area contributed by atoms with Gasteiger partial charge >= 0.3 is 12.1 Å². The molecule has 6 N–H and O–H groups in total. The van der Waals surface area contributed by atoms with Crippen molar-refractivity contribution in [3.8, 4) is 0 Å². The minimum Gasteiger partial charge on any atom is -0.378 e. The van der Waals surface area contributed by atoms with Gasteiger partial charge in [-0.2, -0.15) is 0 Å². The molecular weight excluding hydrogens is 216 g/mol. The summed E-state index contributed by atoms with van der Waals surface area (Å²) >= 11 is 0. The molecular formula is C7H16N4O3Si. The molecule has 1 aliphatic heterocycles. The summed E-state index contributed by atoms with van der Waals surface area (Å²) in [6, 6.07) is -1.32. The minimum atomic E-state index is -2.10. The third kappa shape index (κ3) is 4.17. The number of carbonyl (C=O) groups excluding carboxylic acids is 2. The highest BCUT2D eigenvalue weighted by molar-refractivity contribution is 6.60. The van der Waals surface area contributed by atoms with E-state index in [0.717, 1.165) is 19.3 Å². The third-order valence-electron chi connectivity index (χ3n) is 2.18. The first-order valence-corrected chi connectivity index (χ1v) is 6.65. The van der Waals surface area contributed by atoms with Gasteiger partial charge in [0.15, 0.2) is 0 Å². The standard InChI is InChI=1S/C7H16N4O3Si/c8-6(12)10-15(11-7(9)13)5-3-1-2-4-14-5/h5,15H,1-4H2,(H3,8,10,12)(H3,9,11,13). The summed E-state index contributed by atoms with van der Waals surface area (Å²) in [6.45, 7) is 0.648. The van der Waals surface area contributed by atoms with Crippen molar-refractivity contribution in [2.75, 3.05) is 6.61 Å². The zero-order valence-electron chi connectivity index (χ0n) is 8.36. The van der Waals surface area contributed by atoms with E-state index in [1.807, 2.05) is 0 Å². The number of rotatable bonds is 3. The lowest BCUT2D eigenvalue weighted by atomic mass is 10.2. The van der Waals surface area contributed by atoms with Crippen LogP contribution >= 0.6 is 0 Å². The first-order valence-electron chi connectivity index (χ1n) is 4.83. The topological polar surface area (TPSA) is 119 Å². The van der Waals surface area contributed by atoms with E-state index < -0.39 is 21.2 Å². The van der Waals surface area contributed by atoms with Gasteiger partial charge < -0.3 is 26.2 Å². The molecule has 15 heavy (non-hydrogen) atoms. The molecule has 1 atom stereocenters. The summed E-state index contributed by atoms with van der Waals surface area (Å²) in [6.07, 6.45) is 2.84. The Morgan fingerprint density at radius 3 is 2.20 bits per heavy atom. The Labute approximate surface area is 89.3 Å². The number of carbonyl (C=O) groups is 2. The number of amides is 4. The number of primary amides is 2. The van der Waals surface area contributed by atoms with E-state index in [4.69, 9.17) is 16.2 Å². The lowest BCUT2D eigenvalue weighted by Crippen LogP contribution is -2.62. The van der Waals surface area contributed by atoms with Gasteiger partial charge in [0.25, 0.3) is 9.12 Å². The van der Waals surface area contributed by atoms with Crippen molar-refractivity contribution in [1.29, 1.82) is 0 Å². The summed E-state index contributed by atoms with van der Waals surface area (Å²) in [5.74, 6) is 0. The van der Waals surface area contributed by atoms with Crippen LogP contribution in [0.15, 0.2) is 0 Å². The quantitative estimate of drug-likeness (QED) is 0.450. The van der Waals surface area contributed by atoms with Crippen LogP contribution in [0.1, 0.15) is 19.3 Å². The first-order chi connectivity index (χ1) is 7.09. The van der Waals surface area contributed by atoms with E-state index in [-0.39, 0.29) is 5.73 Å². The number of hydrogen-bond donors (Lipinski definition) is 4. The zero-order valence-corrected chi connectivity index (χ0v) is 9.52. The molecule has 0 aliphatic carbocycles. The number of urea groups is 2. The molecule has 0 aromatic rings. The highest BCUT2D eigenvalue weighted by Crippen LogP contribution is 2.13. The second-order valence-corrected chi connectivity index (χ2v) is 5.68.